The number of benzene rings is 6. The predicted molar refractivity (Wildman–Crippen MR) is 234 cm³/mol. The molecule has 0 amide bonds. The first-order valence-electron chi connectivity index (χ1n) is 21.1. The standard InChI is InChI=1S/C47H52N2O10/c1-3-5-13-56-15-17-58-46-34-21-29-22-35-31(20-28(29)19-30(34)23-36-40(52)25-38(44(54)42(36)46)48-10-7-32(50)8-11-48)24-37-41(53)26-39(49-12-9-33(51)27-49)45(55)43(37)47(35)59-18-16-57-14-6-4-2/h19-26,32-33,50-51H,3-18,27H2,1-2H3/t33-/m1/s1. The third-order valence-corrected chi connectivity index (χ3v) is 11.8. The molecule has 2 aliphatic heterocycles. The Kier molecular flexibility index (Phi) is 12.1. The third-order valence-electron chi connectivity index (χ3n) is 11.8. The number of hydrogen-bond acceptors (Lipinski definition) is 12. The van der Waals surface area contributed by atoms with E-state index in [1.165, 1.54) is 12.1 Å². The van der Waals surface area contributed by atoms with Crippen LogP contribution in [0.4, 0.5) is 11.4 Å². The number of β-amino-alcohol motifs (C(OH)–C–C–N with tert-alkyl or cyclic N) is 1. The number of nitrogens with zero attached hydrogens (tertiary/aromatic N) is 2. The molecular weight excluding hydrogens is 753 g/mol. The van der Waals surface area contributed by atoms with Crippen molar-refractivity contribution in [1.29, 1.82) is 0 Å². The van der Waals surface area contributed by atoms with Crippen molar-refractivity contribution >= 4 is 65.2 Å². The SMILES string of the molecule is CCCCOCCOc1c2cc3cc4c(OCCOCCCC)c5c(=O)c(N6CC[C@@H](O)C6)cc(=O)c5cc4cc3cc2cc2c(=O)cc(N3CCC(O)CC3)c(=O)c12. The molecule has 2 heterocycles. The molecule has 6 aromatic rings. The highest BCUT2D eigenvalue weighted by molar-refractivity contribution is 6.15. The summed E-state index contributed by atoms with van der Waals surface area (Å²) < 4.78 is 24.5. The number of rotatable bonds is 16. The Balaban J connectivity index is 1.32. The molecule has 310 valence electrons. The van der Waals surface area contributed by atoms with Gasteiger partial charge in [-0.3, -0.25) is 19.2 Å². The summed E-state index contributed by atoms with van der Waals surface area (Å²) in [6.45, 7) is 7.88. The summed E-state index contributed by atoms with van der Waals surface area (Å²) in [5, 5.41) is 25.5. The molecule has 2 N–H and O–H groups in total. The van der Waals surface area contributed by atoms with Crippen LogP contribution in [0, 0.1) is 0 Å². The van der Waals surface area contributed by atoms with E-state index in [1.54, 1.807) is 17.0 Å². The van der Waals surface area contributed by atoms with Gasteiger partial charge in [0.05, 0.1) is 47.6 Å². The second kappa shape index (κ2) is 17.6. The quantitative estimate of drug-likeness (QED) is 0.0914. The van der Waals surface area contributed by atoms with Crippen LogP contribution >= 0.6 is 0 Å². The molecule has 0 aromatic heterocycles. The van der Waals surface area contributed by atoms with E-state index in [0.29, 0.717) is 98.3 Å². The van der Waals surface area contributed by atoms with Crippen LogP contribution in [-0.2, 0) is 9.47 Å². The van der Waals surface area contributed by atoms with Crippen molar-refractivity contribution in [3.05, 3.63) is 89.4 Å². The average Bonchev–Trinajstić information content (AvgIpc) is 3.67. The first-order chi connectivity index (χ1) is 28.7. The highest BCUT2D eigenvalue weighted by atomic mass is 16.5. The van der Waals surface area contributed by atoms with Crippen molar-refractivity contribution in [3.63, 3.8) is 0 Å². The molecule has 59 heavy (non-hydrogen) atoms. The van der Waals surface area contributed by atoms with Crippen LogP contribution in [0.15, 0.2) is 67.7 Å². The Morgan fingerprint density at radius 3 is 1.44 bits per heavy atom. The van der Waals surface area contributed by atoms with Crippen LogP contribution in [0.1, 0.15) is 58.8 Å². The molecule has 0 bridgehead atoms. The Labute approximate surface area is 341 Å². The van der Waals surface area contributed by atoms with Gasteiger partial charge in [0.15, 0.2) is 10.9 Å². The fourth-order valence-electron chi connectivity index (χ4n) is 8.56. The van der Waals surface area contributed by atoms with E-state index in [2.05, 4.69) is 13.8 Å². The summed E-state index contributed by atoms with van der Waals surface area (Å²) in [4.78, 5) is 60.1. The van der Waals surface area contributed by atoms with Crippen molar-refractivity contribution in [2.45, 2.75) is 71.0 Å². The van der Waals surface area contributed by atoms with Gasteiger partial charge in [-0.25, -0.2) is 0 Å². The molecule has 0 saturated carbocycles. The molecule has 2 fully saturated rings. The number of anilines is 2. The Morgan fingerprint density at radius 2 is 0.966 bits per heavy atom. The topological polar surface area (TPSA) is 152 Å². The maximum absolute atomic E-state index is 14.4. The van der Waals surface area contributed by atoms with E-state index in [-0.39, 0.29) is 74.5 Å². The first-order valence-corrected chi connectivity index (χ1v) is 21.1. The van der Waals surface area contributed by atoms with E-state index < -0.39 is 12.2 Å². The molecule has 0 spiro atoms. The normalized spacial score (nSPS) is 16.4. The number of aliphatic hydroxyl groups excluding tert-OH is 2. The van der Waals surface area contributed by atoms with Crippen LogP contribution in [0.3, 0.4) is 0 Å². The summed E-state index contributed by atoms with van der Waals surface area (Å²) >= 11 is 0. The van der Waals surface area contributed by atoms with Crippen molar-refractivity contribution in [2.75, 3.05) is 75.6 Å². The van der Waals surface area contributed by atoms with E-state index in [9.17, 15) is 29.4 Å². The summed E-state index contributed by atoms with van der Waals surface area (Å²) in [7, 11) is 0. The molecule has 2 saturated heterocycles. The molecule has 8 rings (SSSR count). The molecule has 0 radical (unpaired) electrons. The second-order valence-corrected chi connectivity index (χ2v) is 15.9. The van der Waals surface area contributed by atoms with Gasteiger partial charge in [0, 0.05) is 73.1 Å². The second-order valence-electron chi connectivity index (χ2n) is 15.9. The highest BCUT2D eigenvalue weighted by Gasteiger charge is 2.27. The van der Waals surface area contributed by atoms with Crippen LogP contribution in [0.25, 0.3) is 53.9 Å². The van der Waals surface area contributed by atoms with Gasteiger partial charge in [-0.1, -0.05) is 26.7 Å². The lowest BCUT2D eigenvalue weighted by Gasteiger charge is -2.31. The smallest absolute Gasteiger partial charge is 0.213 e. The minimum atomic E-state index is -0.586. The van der Waals surface area contributed by atoms with Gasteiger partial charge < -0.3 is 39.0 Å². The van der Waals surface area contributed by atoms with Crippen molar-refractivity contribution in [2.24, 2.45) is 0 Å². The van der Waals surface area contributed by atoms with Gasteiger partial charge in [0.1, 0.15) is 24.7 Å². The van der Waals surface area contributed by atoms with Gasteiger partial charge in [0.2, 0.25) is 10.9 Å². The third kappa shape index (κ3) is 8.11. The largest absolute Gasteiger partial charge is 0.490 e. The zero-order chi connectivity index (χ0) is 41.2. The number of piperidine rings is 1. The monoisotopic (exact) mass is 804 g/mol. The molecule has 2 aliphatic rings. The van der Waals surface area contributed by atoms with Crippen molar-refractivity contribution < 1.29 is 29.2 Å². The predicted octanol–water partition coefficient (Wildman–Crippen LogP) is 5.69. The minimum absolute atomic E-state index is 0.153. The van der Waals surface area contributed by atoms with Gasteiger partial charge in [-0.05, 0) is 90.0 Å². The van der Waals surface area contributed by atoms with Crippen molar-refractivity contribution in [3.8, 4) is 11.5 Å². The fourth-order valence-corrected chi connectivity index (χ4v) is 8.56. The lowest BCUT2D eigenvalue weighted by molar-refractivity contribution is 0.0990. The van der Waals surface area contributed by atoms with Crippen LogP contribution in [-0.4, -0.2) is 88.2 Å². The number of aliphatic hydroxyl groups is 2. The number of fused-ring (bicyclic) bond motifs is 5. The maximum atomic E-state index is 14.4. The van der Waals surface area contributed by atoms with E-state index in [0.717, 1.165) is 36.5 Å². The summed E-state index contributed by atoms with van der Waals surface area (Å²) in [5.74, 6) is 0.588. The van der Waals surface area contributed by atoms with E-state index >= 15 is 0 Å². The molecule has 12 heteroatoms. The average molecular weight is 805 g/mol. The molecular formula is C47H52N2O10. The maximum Gasteiger partial charge on any atom is 0.213 e. The lowest BCUT2D eigenvalue weighted by Crippen LogP contribution is -2.39. The number of unbranched alkanes of at least 4 members (excludes halogenated alkanes) is 2. The van der Waals surface area contributed by atoms with Crippen LogP contribution in [0.2, 0.25) is 0 Å². The Morgan fingerprint density at radius 1 is 0.525 bits per heavy atom. The summed E-state index contributed by atoms with van der Waals surface area (Å²) in [6, 6.07) is 14.0. The number of ether oxygens (including phenoxy) is 4. The van der Waals surface area contributed by atoms with Crippen LogP contribution < -0.4 is 41.0 Å². The van der Waals surface area contributed by atoms with Gasteiger partial charge >= 0.3 is 0 Å². The Hall–Kier alpha value is -5.14. The van der Waals surface area contributed by atoms with E-state index in [1.807, 2.05) is 29.2 Å². The van der Waals surface area contributed by atoms with Gasteiger partial charge in [-0.2, -0.15) is 0 Å². The first kappa shape index (κ1) is 40.6. The fraction of sp³-hybridized carbons (Fsp3) is 0.447. The molecule has 1 atom stereocenters. The molecule has 0 aliphatic carbocycles. The molecule has 12 nitrogen and oxygen atoms in total. The van der Waals surface area contributed by atoms with E-state index in [4.69, 9.17) is 18.9 Å². The summed E-state index contributed by atoms with van der Waals surface area (Å²) in [5.41, 5.74) is -0.714. The minimum Gasteiger partial charge on any atom is -0.490 e. The number of hydrogen-bond donors (Lipinski definition) is 2. The zero-order valence-electron chi connectivity index (χ0n) is 33.8. The van der Waals surface area contributed by atoms with Crippen LogP contribution in [0.5, 0.6) is 11.5 Å². The summed E-state index contributed by atoms with van der Waals surface area (Å²) in [6.07, 6.45) is 4.28. The molecule has 0 unspecified atom stereocenters. The van der Waals surface area contributed by atoms with Gasteiger partial charge in [0.25, 0.3) is 0 Å². The Bertz CT molecular complexity index is 2740. The zero-order valence-corrected chi connectivity index (χ0v) is 33.8. The van der Waals surface area contributed by atoms with Crippen molar-refractivity contribution in [1.82, 2.24) is 0 Å². The highest BCUT2D eigenvalue weighted by Crippen LogP contribution is 2.40. The van der Waals surface area contributed by atoms with Gasteiger partial charge in [-0.15, -0.1) is 0 Å². The molecule has 6 aromatic carbocycles. The lowest BCUT2D eigenvalue weighted by atomic mass is 9.94.